The van der Waals surface area contributed by atoms with Crippen LogP contribution in [0.2, 0.25) is 0 Å². The van der Waals surface area contributed by atoms with E-state index in [1.807, 2.05) is 0 Å². The number of allylic oxidation sites excluding steroid dienone is 1. The van der Waals surface area contributed by atoms with E-state index in [0.29, 0.717) is 5.92 Å². The molecule has 0 radical (unpaired) electrons. The molecule has 2 heteroatoms. The molecule has 0 aliphatic carbocycles. The Balaban J connectivity index is 2.57. The lowest BCUT2D eigenvalue weighted by Gasteiger charge is -2.11. The van der Waals surface area contributed by atoms with Gasteiger partial charge in [0.25, 0.3) is 0 Å². The Kier molecular flexibility index (Phi) is 7.92. The fourth-order valence-electron chi connectivity index (χ4n) is 2.25. The minimum absolute atomic E-state index is 0.139. The highest BCUT2D eigenvalue weighted by Gasteiger charge is 2.04. The van der Waals surface area contributed by atoms with Gasteiger partial charge in [0, 0.05) is 6.04 Å². The summed E-state index contributed by atoms with van der Waals surface area (Å²) in [6, 6.07) is 9.06. The second-order valence-electron chi connectivity index (χ2n) is 5.24. The summed E-state index contributed by atoms with van der Waals surface area (Å²) in [6.07, 6.45) is 8.67. The van der Waals surface area contributed by atoms with Crippen LogP contribution in [-0.2, 0) is 6.42 Å². The van der Waals surface area contributed by atoms with Gasteiger partial charge in [0.1, 0.15) is 0 Å². The second-order valence-corrected chi connectivity index (χ2v) is 5.69. The molecule has 0 spiro atoms. The van der Waals surface area contributed by atoms with Gasteiger partial charge in [-0.3, -0.25) is 0 Å². The van der Waals surface area contributed by atoms with Gasteiger partial charge in [-0.2, -0.15) is 12.6 Å². The van der Waals surface area contributed by atoms with E-state index >= 15 is 0 Å². The molecule has 1 nitrogen and oxygen atoms in total. The number of rotatable bonds is 8. The molecule has 0 amide bonds. The van der Waals surface area contributed by atoms with Gasteiger partial charge in [-0.05, 0) is 42.1 Å². The molecular formula is C17H27NS. The molecule has 0 fully saturated rings. The van der Waals surface area contributed by atoms with Gasteiger partial charge in [-0.15, -0.1) is 0 Å². The zero-order valence-electron chi connectivity index (χ0n) is 12.2. The van der Waals surface area contributed by atoms with E-state index in [0.717, 1.165) is 18.6 Å². The van der Waals surface area contributed by atoms with Crippen LogP contribution in [0, 0.1) is 0 Å². The summed E-state index contributed by atoms with van der Waals surface area (Å²) in [5.74, 6) is 1.50. The first-order valence-electron chi connectivity index (χ1n) is 7.29. The molecule has 2 atom stereocenters. The van der Waals surface area contributed by atoms with Crippen molar-refractivity contribution in [3.05, 3.63) is 47.5 Å². The van der Waals surface area contributed by atoms with Crippen molar-refractivity contribution in [1.29, 1.82) is 0 Å². The molecule has 1 aromatic carbocycles. The molecule has 19 heavy (non-hydrogen) atoms. The van der Waals surface area contributed by atoms with Gasteiger partial charge < -0.3 is 5.73 Å². The Morgan fingerprint density at radius 1 is 1.32 bits per heavy atom. The van der Waals surface area contributed by atoms with Gasteiger partial charge in [0.05, 0.1) is 0 Å². The normalized spacial score (nSPS) is 14.7. The quantitative estimate of drug-likeness (QED) is 0.536. The maximum atomic E-state index is 5.93. The van der Waals surface area contributed by atoms with Crippen molar-refractivity contribution in [3.63, 3.8) is 0 Å². The minimum atomic E-state index is 0.139. The van der Waals surface area contributed by atoms with Gasteiger partial charge in [0.2, 0.25) is 0 Å². The molecule has 0 bridgehead atoms. The molecule has 2 unspecified atom stereocenters. The van der Waals surface area contributed by atoms with Crippen molar-refractivity contribution >= 4 is 12.6 Å². The molecule has 0 heterocycles. The highest BCUT2D eigenvalue weighted by atomic mass is 32.1. The van der Waals surface area contributed by atoms with E-state index in [-0.39, 0.29) is 6.04 Å². The van der Waals surface area contributed by atoms with Crippen LogP contribution in [0.15, 0.2) is 36.4 Å². The molecule has 0 saturated carbocycles. The molecule has 0 aliphatic heterocycles. The number of benzene rings is 1. The third-order valence-electron chi connectivity index (χ3n) is 3.44. The van der Waals surface area contributed by atoms with Crippen molar-refractivity contribution < 1.29 is 0 Å². The van der Waals surface area contributed by atoms with Gasteiger partial charge in [-0.1, -0.05) is 56.7 Å². The van der Waals surface area contributed by atoms with Gasteiger partial charge >= 0.3 is 0 Å². The predicted molar refractivity (Wildman–Crippen MR) is 89.1 cm³/mol. The van der Waals surface area contributed by atoms with Crippen LogP contribution in [0.5, 0.6) is 0 Å². The third kappa shape index (κ3) is 6.31. The first-order valence-corrected chi connectivity index (χ1v) is 7.92. The van der Waals surface area contributed by atoms with Crippen LogP contribution in [-0.4, -0.2) is 11.8 Å². The summed E-state index contributed by atoms with van der Waals surface area (Å²) in [5, 5.41) is 0. The van der Waals surface area contributed by atoms with E-state index in [1.54, 1.807) is 0 Å². The van der Waals surface area contributed by atoms with E-state index < -0.39 is 0 Å². The Morgan fingerprint density at radius 2 is 2.11 bits per heavy atom. The van der Waals surface area contributed by atoms with Crippen LogP contribution in [0.25, 0.3) is 0 Å². The van der Waals surface area contributed by atoms with E-state index in [4.69, 9.17) is 5.73 Å². The highest BCUT2D eigenvalue weighted by molar-refractivity contribution is 7.80. The Bertz CT molecular complexity index is 387. The van der Waals surface area contributed by atoms with Gasteiger partial charge in [-0.25, -0.2) is 0 Å². The average molecular weight is 277 g/mol. The van der Waals surface area contributed by atoms with Crippen LogP contribution >= 0.6 is 12.6 Å². The predicted octanol–water partition coefficient (Wildman–Crippen LogP) is 4.34. The van der Waals surface area contributed by atoms with E-state index in [1.165, 1.54) is 24.0 Å². The van der Waals surface area contributed by atoms with Crippen molar-refractivity contribution in [2.75, 3.05) is 5.75 Å². The Labute approximate surface area is 123 Å². The molecule has 0 aromatic heterocycles. The smallest absolute Gasteiger partial charge is 0.0231 e. The zero-order valence-corrected chi connectivity index (χ0v) is 13.1. The van der Waals surface area contributed by atoms with Crippen molar-refractivity contribution in [3.8, 4) is 0 Å². The second kappa shape index (κ2) is 9.22. The fraction of sp³-hybridized carbons (Fsp3) is 0.529. The monoisotopic (exact) mass is 277 g/mol. The number of thiol groups is 1. The van der Waals surface area contributed by atoms with Crippen molar-refractivity contribution in [2.45, 2.75) is 51.5 Å². The third-order valence-corrected chi connectivity index (χ3v) is 3.70. The summed E-state index contributed by atoms with van der Waals surface area (Å²) < 4.78 is 0. The fourth-order valence-corrected chi connectivity index (χ4v) is 2.55. The van der Waals surface area contributed by atoms with Gasteiger partial charge in [0.15, 0.2) is 0 Å². The van der Waals surface area contributed by atoms with E-state index in [9.17, 15) is 0 Å². The molecule has 0 saturated heterocycles. The molecule has 2 N–H and O–H groups in total. The number of hydrogen-bond acceptors (Lipinski definition) is 2. The topological polar surface area (TPSA) is 26.0 Å². The van der Waals surface area contributed by atoms with Crippen LogP contribution in [0.3, 0.4) is 0 Å². The van der Waals surface area contributed by atoms with Crippen LogP contribution in [0.1, 0.15) is 50.2 Å². The lowest BCUT2D eigenvalue weighted by atomic mass is 9.94. The van der Waals surface area contributed by atoms with Crippen LogP contribution in [0.4, 0.5) is 0 Å². The van der Waals surface area contributed by atoms with E-state index in [2.05, 4.69) is 62.9 Å². The van der Waals surface area contributed by atoms with Crippen molar-refractivity contribution in [1.82, 2.24) is 0 Å². The molecule has 1 rings (SSSR count). The zero-order chi connectivity index (χ0) is 14.1. The minimum Gasteiger partial charge on any atom is -0.324 e. The highest BCUT2D eigenvalue weighted by Crippen LogP contribution is 2.21. The summed E-state index contributed by atoms with van der Waals surface area (Å²) in [4.78, 5) is 0. The Hall–Kier alpha value is -0.730. The maximum Gasteiger partial charge on any atom is 0.0231 e. The van der Waals surface area contributed by atoms with Crippen LogP contribution < -0.4 is 5.73 Å². The first-order chi connectivity index (χ1) is 9.17. The SMILES string of the molecule is CCCC(C)c1cccc(C/C=C/C(N)CCS)c1. The summed E-state index contributed by atoms with van der Waals surface area (Å²) in [7, 11) is 0. The molecule has 1 aromatic rings. The lowest BCUT2D eigenvalue weighted by Crippen LogP contribution is -2.16. The molecular weight excluding hydrogens is 250 g/mol. The molecule has 106 valence electrons. The summed E-state index contributed by atoms with van der Waals surface area (Å²) >= 11 is 4.19. The number of hydrogen-bond donors (Lipinski definition) is 2. The first kappa shape index (κ1) is 16.3. The summed E-state index contributed by atoms with van der Waals surface area (Å²) in [5.41, 5.74) is 8.75. The standard InChI is InChI=1S/C17H27NS/c1-3-6-14(2)16-9-4-7-15(13-16)8-5-10-17(18)11-12-19/h4-5,7,9-10,13-14,17,19H,3,6,8,11-12,18H2,1-2H3/b10-5+. The summed E-state index contributed by atoms with van der Waals surface area (Å²) in [6.45, 7) is 4.55. The Morgan fingerprint density at radius 3 is 2.79 bits per heavy atom. The maximum absolute atomic E-state index is 5.93. The largest absolute Gasteiger partial charge is 0.324 e. The lowest BCUT2D eigenvalue weighted by molar-refractivity contribution is 0.664. The number of nitrogens with two attached hydrogens (primary N) is 1. The average Bonchev–Trinajstić information content (AvgIpc) is 2.40. The van der Waals surface area contributed by atoms with Crippen molar-refractivity contribution in [2.24, 2.45) is 5.73 Å². The molecule has 0 aliphatic rings.